The van der Waals surface area contributed by atoms with Gasteiger partial charge in [-0.1, -0.05) is 17.3 Å². The lowest BCUT2D eigenvalue weighted by atomic mass is 10.1. The van der Waals surface area contributed by atoms with E-state index in [0.29, 0.717) is 11.7 Å². The van der Waals surface area contributed by atoms with Gasteiger partial charge in [-0.3, -0.25) is 0 Å². The quantitative estimate of drug-likeness (QED) is 0.818. The molecule has 0 bridgehead atoms. The monoisotopic (exact) mass is 289 g/mol. The van der Waals surface area contributed by atoms with Gasteiger partial charge >= 0.3 is 0 Å². The summed E-state index contributed by atoms with van der Waals surface area (Å²) in [6, 6.07) is 8.21. The van der Waals surface area contributed by atoms with Gasteiger partial charge in [0.05, 0.1) is 0 Å². The lowest BCUT2D eigenvalue weighted by Crippen LogP contribution is -2.21. The Kier molecular flexibility index (Phi) is 4.75. The van der Waals surface area contributed by atoms with Gasteiger partial charge in [0.2, 0.25) is 5.82 Å². The fourth-order valence-electron chi connectivity index (χ4n) is 1.89. The zero-order valence-electron chi connectivity index (χ0n) is 13.4. The molecular formula is C16H23N3O2. The van der Waals surface area contributed by atoms with Gasteiger partial charge in [-0.2, -0.15) is 4.98 Å². The van der Waals surface area contributed by atoms with Crippen molar-refractivity contribution in [2.45, 2.75) is 25.9 Å². The summed E-state index contributed by atoms with van der Waals surface area (Å²) in [6.07, 6.45) is 0.991. The summed E-state index contributed by atoms with van der Waals surface area (Å²) < 4.78 is 10.7. The number of benzene rings is 1. The number of rotatable bonds is 6. The van der Waals surface area contributed by atoms with Gasteiger partial charge in [0.15, 0.2) is 0 Å². The van der Waals surface area contributed by atoms with Gasteiger partial charge in [-0.05, 0) is 52.1 Å². The molecule has 0 aliphatic carbocycles. The minimum Gasteiger partial charge on any atom is -0.371 e. The summed E-state index contributed by atoms with van der Waals surface area (Å²) in [7, 11) is 5.78. The van der Waals surface area contributed by atoms with Crippen LogP contribution < -0.4 is 0 Å². The van der Waals surface area contributed by atoms with Crippen molar-refractivity contribution < 1.29 is 9.26 Å². The third-order valence-corrected chi connectivity index (χ3v) is 3.50. The maximum absolute atomic E-state index is 5.37. The SMILES string of the molecule is COC(C)(C)c1noc(-c2cccc(CCN(C)C)c2)n1. The van der Waals surface area contributed by atoms with Crippen LogP contribution in [0.15, 0.2) is 28.8 Å². The Morgan fingerprint density at radius 2 is 2.05 bits per heavy atom. The zero-order valence-corrected chi connectivity index (χ0v) is 13.4. The van der Waals surface area contributed by atoms with Crippen LogP contribution in [-0.2, 0) is 16.8 Å². The number of likely N-dealkylation sites (N-methyl/N-ethyl adjacent to an activating group) is 1. The fraction of sp³-hybridized carbons (Fsp3) is 0.500. The van der Waals surface area contributed by atoms with Crippen LogP contribution in [0.3, 0.4) is 0 Å². The van der Waals surface area contributed by atoms with E-state index in [1.165, 1.54) is 5.56 Å². The number of hydrogen-bond donors (Lipinski definition) is 0. The lowest BCUT2D eigenvalue weighted by molar-refractivity contribution is 0.00973. The summed E-state index contributed by atoms with van der Waals surface area (Å²) in [5, 5.41) is 4.02. The average Bonchev–Trinajstić information content (AvgIpc) is 2.96. The standard InChI is InChI=1S/C16H23N3O2/c1-16(2,20-5)15-17-14(21-18-15)13-8-6-7-12(11-13)9-10-19(3)4/h6-8,11H,9-10H2,1-5H3. The summed E-state index contributed by atoms with van der Waals surface area (Å²) in [4.78, 5) is 6.61. The highest BCUT2D eigenvalue weighted by molar-refractivity contribution is 5.54. The Morgan fingerprint density at radius 1 is 1.29 bits per heavy atom. The van der Waals surface area contributed by atoms with Crippen LogP contribution in [0.5, 0.6) is 0 Å². The molecule has 0 saturated heterocycles. The van der Waals surface area contributed by atoms with Crippen molar-refractivity contribution in [2.24, 2.45) is 0 Å². The predicted octanol–water partition coefficient (Wildman–Crippen LogP) is 2.72. The molecule has 5 heteroatoms. The molecule has 0 amide bonds. The second-order valence-corrected chi connectivity index (χ2v) is 5.89. The van der Waals surface area contributed by atoms with Crippen LogP contribution in [0.1, 0.15) is 25.2 Å². The molecule has 1 heterocycles. The maximum Gasteiger partial charge on any atom is 0.258 e. The van der Waals surface area contributed by atoms with Crippen LogP contribution in [0.4, 0.5) is 0 Å². The number of methoxy groups -OCH3 is 1. The molecule has 0 aliphatic heterocycles. The van der Waals surface area contributed by atoms with Crippen LogP contribution in [0.2, 0.25) is 0 Å². The number of hydrogen-bond acceptors (Lipinski definition) is 5. The highest BCUT2D eigenvalue weighted by Crippen LogP contribution is 2.25. The van der Waals surface area contributed by atoms with Gasteiger partial charge in [0, 0.05) is 19.2 Å². The molecule has 2 rings (SSSR count). The van der Waals surface area contributed by atoms with E-state index in [-0.39, 0.29) is 0 Å². The molecule has 0 spiro atoms. The Balaban J connectivity index is 2.20. The van der Waals surface area contributed by atoms with Crippen molar-refractivity contribution in [1.29, 1.82) is 0 Å². The predicted molar refractivity (Wildman–Crippen MR) is 82.0 cm³/mol. The van der Waals surface area contributed by atoms with E-state index in [1.54, 1.807) is 7.11 Å². The number of ether oxygens (including phenoxy) is 1. The molecule has 2 aromatic rings. The van der Waals surface area contributed by atoms with Gasteiger partial charge in [-0.15, -0.1) is 0 Å². The van der Waals surface area contributed by atoms with E-state index in [0.717, 1.165) is 18.5 Å². The van der Waals surface area contributed by atoms with Gasteiger partial charge < -0.3 is 14.2 Å². The van der Waals surface area contributed by atoms with E-state index < -0.39 is 5.60 Å². The fourth-order valence-corrected chi connectivity index (χ4v) is 1.89. The summed E-state index contributed by atoms with van der Waals surface area (Å²) in [5.74, 6) is 1.08. The summed E-state index contributed by atoms with van der Waals surface area (Å²) in [6.45, 7) is 4.83. The second kappa shape index (κ2) is 6.37. The van der Waals surface area contributed by atoms with E-state index in [4.69, 9.17) is 9.26 Å². The molecule has 114 valence electrons. The Hall–Kier alpha value is -1.72. The van der Waals surface area contributed by atoms with Gasteiger partial charge in [-0.25, -0.2) is 0 Å². The highest BCUT2D eigenvalue weighted by Gasteiger charge is 2.26. The van der Waals surface area contributed by atoms with Crippen molar-refractivity contribution in [3.05, 3.63) is 35.7 Å². The first-order chi connectivity index (χ1) is 9.92. The minimum atomic E-state index is -0.551. The van der Waals surface area contributed by atoms with Gasteiger partial charge in [0.25, 0.3) is 5.89 Å². The zero-order chi connectivity index (χ0) is 15.5. The number of aromatic nitrogens is 2. The molecule has 0 atom stereocenters. The molecule has 0 radical (unpaired) electrons. The molecule has 0 unspecified atom stereocenters. The molecule has 0 aliphatic rings. The molecule has 1 aromatic heterocycles. The van der Waals surface area contributed by atoms with Crippen molar-refractivity contribution in [3.8, 4) is 11.5 Å². The van der Waals surface area contributed by atoms with Crippen LogP contribution in [0, 0.1) is 0 Å². The van der Waals surface area contributed by atoms with E-state index in [2.05, 4.69) is 41.3 Å². The molecule has 21 heavy (non-hydrogen) atoms. The largest absolute Gasteiger partial charge is 0.371 e. The number of nitrogens with zero attached hydrogens (tertiary/aromatic N) is 3. The first kappa shape index (κ1) is 15.7. The highest BCUT2D eigenvalue weighted by atomic mass is 16.5. The Morgan fingerprint density at radius 3 is 2.71 bits per heavy atom. The third-order valence-electron chi connectivity index (χ3n) is 3.50. The molecule has 1 aromatic carbocycles. The topological polar surface area (TPSA) is 51.4 Å². The lowest BCUT2D eigenvalue weighted by Gasteiger charge is -2.17. The normalized spacial score (nSPS) is 12.1. The van der Waals surface area contributed by atoms with Crippen molar-refractivity contribution in [2.75, 3.05) is 27.7 Å². The van der Waals surface area contributed by atoms with Crippen LogP contribution in [0.25, 0.3) is 11.5 Å². The van der Waals surface area contributed by atoms with Crippen molar-refractivity contribution >= 4 is 0 Å². The van der Waals surface area contributed by atoms with Crippen molar-refractivity contribution in [1.82, 2.24) is 15.0 Å². The first-order valence-electron chi connectivity index (χ1n) is 7.06. The van der Waals surface area contributed by atoms with E-state index >= 15 is 0 Å². The van der Waals surface area contributed by atoms with E-state index in [9.17, 15) is 0 Å². The smallest absolute Gasteiger partial charge is 0.258 e. The summed E-state index contributed by atoms with van der Waals surface area (Å²) >= 11 is 0. The second-order valence-electron chi connectivity index (χ2n) is 5.89. The molecule has 0 saturated carbocycles. The molecule has 5 nitrogen and oxygen atoms in total. The molecule has 0 N–H and O–H groups in total. The Labute approximate surface area is 125 Å². The van der Waals surface area contributed by atoms with Gasteiger partial charge in [0.1, 0.15) is 5.60 Å². The minimum absolute atomic E-state index is 0.529. The average molecular weight is 289 g/mol. The first-order valence-corrected chi connectivity index (χ1v) is 7.06. The summed E-state index contributed by atoms with van der Waals surface area (Å²) in [5.41, 5.74) is 1.65. The maximum atomic E-state index is 5.37. The molecular weight excluding hydrogens is 266 g/mol. The van der Waals surface area contributed by atoms with Crippen LogP contribution >= 0.6 is 0 Å². The van der Waals surface area contributed by atoms with Crippen LogP contribution in [-0.4, -0.2) is 42.8 Å². The Bertz CT molecular complexity index is 591. The molecule has 0 fully saturated rings. The van der Waals surface area contributed by atoms with E-state index in [1.807, 2.05) is 26.0 Å². The third kappa shape index (κ3) is 3.89. The van der Waals surface area contributed by atoms with Crippen molar-refractivity contribution in [3.63, 3.8) is 0 Å².